The van der Waals surface area contributed by atoms with E-state index in [-0.39, 0.29) is 17.1 Å². The zero-order valence-corrected chi connectivity index (χ0v) is 16.3. The fourth-order valence-corrected chi connectivity index (χ4v) is 3.53. The molecule has 0 fully saturated rings. The molecule has 3 N–H and O–H groups in total. The second-order valence-corrected chi connectivity index (χ2v) is 6.70. The molecular formula is C25H19N3O2. The van der Waals surface area contributed by atoms with Crippen molar-refractivity contribution in [1.82, 2.24) is 4.98 Å². The Labute approximate surface area is 174 Å². The van der Waals surface area contributed by atoms with Crippen molar-refractivity contribution in [2.24, 2.45) is 0 Å². The van der Waals surface area contributed by atoms with Gasteiger partial charge in [-0.2, -0.15) is 5.26 Å². The van der Waals surface area contributed by atoms with Crippen molar-refractivity contribution in [1.29, 1.82) is 5.26 Å². The summed E-state index contributed by atoms with van der Waals surface area (Å²) in [7, 11) is 1.48. The van der Waals surface area contributed by atoms with E-state index < -0.39 is 0 Å². The molecule has 1 aromatic heterocycles. The van der Waals surface area contributed by atoms with Crippen LogP contribution in [0.2, 0.25) is 0 Å². The number of nitriles is 1. The third kappa shape index (κ3) is 3.31. The number of hydrogen-bond donors (Lipinski definition) is 2. The molecule has 0 aliphatic heterocycles. The molecule has 0 aliphatic rings. The van der Waals surface area contributed by atoms with Crippen molar-refractivity contribution in [2.75, 3.05) is 12.8 Å². The first-order valence-corrected chi connectivity index (χ1v) is 9.35. The Balaban J connectivity index is 2.15. The van der Waals surface area contributed by atoms with Gasteiger partial charge in [-0.05, 0) is 23.3 Å². The second-order valence-electron chi connectivity index (χ2n) is 6.70. The molecule has 30 heavy (non-hydrogen) atoms. The molecule has 3 aromatic carbocycles. The summed E-state index contributed by atoms with van der Waals surface area (Å²) in [6.45, 7) is 0. The highest BCUT2D eigenvalue weighted by atomic mass is 16.5. The van der Waals surface area contributed by atoms with E-state index in [0.29, 0.717) is 22.6 Å². The molecule has 1 heterocycles. The zero-order valence-electron chi connectivity index (χ0n) is 16.3. The number of benzene rings is 3. The lowest BCUT2D eigenvalue weighted by Crippen LogP contribution is -2.03. The SMILES string of the molecule is COc1cc(-c2c(C#N)c(N)nc(-c3ccccc3)c2-c2ccccc2)ccc1O. The van der Waals surface area contributed by atoms with E-state index in [1.54, 1.807) is 18.2 Å². The average molecular weight is 393 g/mol. The minimum absolute atomic E-state index is 0.0197. The van der Waals surface area contributed by atoms with Gasteiger partial charge >= 0.3 is 0 Å². The van der Waals surface area contributed by atoms with Crippen LogP contribution in [0.4, 0.5) is 5.82 Å². The molecule has 0 saturated carbocycles. The number of nitrogens with two attached hydrogens (primary N) is 1. The molecular weight excluding hydrogens is 374 g/mol. The van der Waals surface area contributed by atoms with Crippen LogP contribution < -0.4 is 10.5 Å². The van der Waals surface area contributed by atoms with Crippen molar-refractivity contribution in [3.05, 3.63) is 84.4 Å². The number of aromatic hydroxyl groups is 1. The van der Waals surface area contributed by atoms with Crippen molar-refractivity contribution < 1.29 is 9.84 Å². The summed E-state index contributed by atoms with van der Waals surface area (Å²) in [6, 6.07) is 26.7. The number of aromatic nitrogens is 1. The van der Waals surface area contributed by atoms with Gasteiger partial charge in [-0.25, -0.2) is 4.98 Å². The number of rotatable bonds is 4. The Morgan fingerprint density at radius 3 is 2.10 bits per heavy atom. The van der Waals surface area contributed by atoms with Gasteiger partial charge in [0.25, 0.3) is 0 Å². The Hall–Kier alpha value is -4.30. The fourth-order valence-electron chi connectivity index (χ4n) is 3.53. The monoisotopic (exact) mass is 393 g/mol. The lowest BCUT2D eigenvalue weighted by atomic mass is 9.88. The Bertz CT molecular complexity index is 1250. The van der Waals surface area contributed by atoms with E-state index in [4.69, 9.17) is 10.5 Å². The number of hydrogen-bond acceptors (Lipinski definition) is 5. The first-order chi connectivity index (χ1) is 14.6. The maximum absolute atomic E-state index is 10.1. The van der Waals surface area contributed by atoms with Crippen LogP contribution in [0.5, 0.6) is 11.5 Å². The van der Waals surface area contributed by atoms with Crippen molar-refractivity contribution in [3.63, 3.8) is 0 Å². The average Bonchev–Trinajstić information content (AvgIpc) is 2.80. The van der Waals surface area contributed by atoms with Crippen LogP contribution in [-0.2, 0) is 0 Å². The lowest BCUT2D eigenvalue weighted by molar-refractivity contribution is 0.373. The summed E-state index contributed by atoms with van der Waals surface area (Å²) in [5.41, 5.74) is 11.1. The molecule has 0 atom stereocenters. The molecule has 5 nitrogen and oxygen atoms in total. The van der Waals surface area contributed by atoms with Crippen LogP contribution >= 0.6 is 0 Å². The standard InChI is InChI=1S/C25H19N3O2/c1-30-21-14-18(12-13-20(21)29)22-19(15-26)25(27)28-24(17-10-6-3-7-11-17)23(22)16-8-4-2-5-9-16/h2-14,29H,1H3,(H2,27,28). The Morgan fingerprint density at radius 2 is 1.50 bits per heavy atom. The maximum atomic E-state index is 10.1. The molecule has 0 bridgehead atoms. The number of nitrogen functional groups attached to an aromatic ring is 1. The molecule has 4 rings (SSSR count). The van der Waals surface area contributed by atoms with Crippen LogP contribution in [0.1, 0.15) is 5.56 Å². The van der Waals surface area contributed by atoms with Crippen molar-refractivity contribution in [3.8, 4) is 51.1 Å². The van der Waals surface area contributed by atoms with Gasteiger partial charge in [0, 0.05) is 16.7 Å². The molecule has 146 valence electrons. The highest BCUT2D eigenvalue weighted by Gasteiger charge is 2.23. The zero-order chi connectivity index (χ0) is 21.1. The molecule has 0 aliphatic carbocycles. The van der Waals surface area contributed by atoms with Gasteiger partial charge in [0.15, 0.2) is 11.5 Å². The number of pyridine rings is 1. The van der Waals surface area contributed by atoms with Crippen LogP contribution in [0.15, 0.2) is 78.9 Å². The molecule has 0 saturated heterocycles. The summed E-state index contributed by atoms with van der Waals surface area (Å²) < 4.78 is 5.29. The topological polar surface area (TPSA) is 92.2 Å². The molecule has 5 heteroatoms. The number of phenolic OH excluding ortho intramolecular Hbond substituents is 1. The molecule has 0 radical (unpaired) electrons. The van der Waals surface area contributed by atoms with Gasteiger partial charge in [-0.15, -0.1) is 0 Å². The van der Waals surface area contributed by atoms with E-state index >= 15 is 0 Å². The minimum Gasteiger partial charge on any atom is -0.504 e. The maximum Gasteiger partial charge on any atom is 0.161 e. The summed E-state index contributed by atoms with van der Waals surface area (Å²) in [5, 5.41) is 20.0. The quantitative estimate of drug-likeness (QED) is 0.494. The van der Waals surface area contributed by atoms with E-state index in [2.05, 4.69) is 11.1 Å². The molecule has 0 amide bonds. The second kappa shape index (κ2) is 7.98. The molecule has 4 aromatic rings. The first kappa shape index (κ1) is 19.0. The number of methoxy groups -OCH3 is 1. The van der Waals surface area contributed by atoms with Gasteiger partial charge in [-0.3, -0.25) is 0 Å². The third-order valence-corrected chi connectivity index (χ3v) is 4.92. The predicted octanol–water partition coefficient (Wildman–Crippen LogP) is 5.25. The van der Waals surface area contributed by atoms with E-state index in [0.717, 1.165) is 16.7 Å². The summed E-state index contributed by atoms with van der Waals surface area (Å²) in [5.74, 6) is 0.483. The highest BCUT2D eigenvalue weighted by molar-refractivity contribution is 5.97. The van der Waals surface area contributed by atoms with E-state index in [1.807, 2.05) is 60.7 Å². The minimum atomic E-state index is 0.0197. The van der Waals surface area contributed by atoms with Crippen LogP contribution in [-0.4, -0.2) is 17.2 Å². The molecule has 0 unspecified atom stereocenters. The number of anilines is 1. The van der Waals surface area contributed by atoms with Crippen molar-refractivity contribution in [2.45, 2.75) is 0 Å². The van der Waals surface area contributed by atoms with E-state index in [9.17, 15) is 10.4 Å². The lowest BCUT2D eigenvalue weighted by Gasteiger charge is -2.19. The van der Waals surface area contributed by atoms with Gasteiger partial charge < -0.3 is 15.6 Å². The van der Waals surface area contributed by atoms with Crippen molar-refractivity contribution >= 4 is 5.82 Å². The summed E-state index contributed by atoms with van der Waals surface area (Å²) in [6.07, 6.45) is 0. The normalized spacial score (nSPS) is 10.4. The summed E-state index contributed by atoms with van der Waals surface area (Å²) >= 11 is 0. The summed E-state index contributed by atoms with van der Waals surface area (Å²) in [4.78, 5) is 4.61. The first-order valence-electron chi connectivity index (χ1n) is 9.35. The van der Waals surface area contributed by atoms with Gasteiger partial charge in [-0.1, -0.05) is 66.7 Å². The smallest absolute Gasteiger partial charge is 0.161 e. The van der Waals surface area contributed by atoms with Gasteiger partial charge in [0.05, 0.1) is 12.8 Å². The third-order valence-electron chi connectivity index (χ3n) is 4.92. The van der Waals surface area contributed by atoms with Crippen LogP contribution in [0, 0.1) is 11.3 Å². The highest BCUT2D eigenvalue weighted by Crippen LogP contribution is 2.44. The van der Waals surface area contributed by atoms with Crippen LogP contribution in [0.3, 0.4) is 0 Å². The van der Waals surface area contributed by atoms with Gasteiger partial charge in [0.1, 0.15) is 17.5 Å². The number of ether oxygens (including phenoxy) is 1. The number of nitrogens with zero attached hydrogens (tertiary/aromatic N) is 2. The fraction of sp³-hybridized carbons (Fsp3) is 0.0400. The molecule has 0 spiro atoms. The predicted molar refractivity (Wildman–Crippen MR) is 118 cm³/mol. The van der Waals surface area contributed by atoms with Crippen LogP contribution in [0.25, 0.3) is 33.5 Å². The van der Waals surface area contributed by atoms with Gasteiger partial charge in [0.2, 0.25) is 0 Å². The van der Waals surface area contributed by atoms with E-state index in [1.165, 1.54) is 7.11 Å². The Morgan fingerprint density at radius 1 is 0.867 bits per heavy atom. The largest absolute Gasteiger partial charge is 0.504 e. The number of phenols is 1. The Kier molecular flexibility index (Phi) is 5.06.